The Hall–Kier alpha value is -9.20. The average molecular weight is 801 g/mol. The molecule has 1 spiro atoms. The van der Waals surface area contributed by atoms with Gasteiger partial charge < -0.3 is 9.80 Å². The van der Waals surface area contributed by atoms with Gasteiger partial charge >= 0.3 is 0 Å². The van der Waals surface area contributed by atoms with Crippen molar-refractivity contribution in [3.05, 3.63) is 239 Å². The quantitative estimate of drug-likeness (QED) is 0.166. The molecule has 0 aromatic heterocycles. The molecule has 0 fully saturated rings. The van der Waals surface area contributed by atoms with Gasteiger partial charge in [-0.15, -0.1) is 0 Å². The van der Waals surface area contributed by atoms with E-state index < -0.39 is 5.41 Å². The molecule has 9 aromatic rings. The largest absolute Gasteiger partial charge is 0.310 e. The van der Waals surface area contributed by atoms with Crippen molar-refractivity contribution in [3.63, 3.8) is 0 Å². The summed E-state index contributed by atoms with van der Waals surface area (Å²) in [5.41, 5.74) is 16.7. The van der Waals surface area contributed by atoms with Crippen LogP contribution in [0.25, 0.3) is 33.0 Å². The summed E-state index contributed by atoms with van der Waals surface area (Å²) >= 11 is 0. The van der Waals surface area contributed by atoms with Crippen LogP contribution in [0, 0.1) is 45.3 Å². The molecule has 0 heterocycles. The number of nitriles is 4. The second kappa shape index (κ2) is 14.5. The van der Waals surface area contributed by atoms with Crippen molar-refractivity contribution in [1.29, 1.82) is 21.0 Å². The van der Waals surface area contributed by atoms with Crippen LogP contribution in [-0.4, -0.2) is 0 Å². The van der Waals surface area contributed by atoms with Crippen molar-refractivity contribution in [3.8, 4) is 46.5 Å². The highest BCUT2D eigenvalue weighted by Crippen LogP contribution is 2.64. The van der Waals surface area contributed by atoms with Gasteiger partial charge in [-0.3, -0.25) is 0 Å². The van der Waals surface area contributed by atoms with Gasteiger partial charge in [-0.25, -0.2) is 0 Å². The molecule has 0 atom stereocenters. The van der Waals surface area contributed by atoms with E-state index in [1.807, 2.05) is 97.1 Å². The van der Waals surface area contributed by atoms with E-state index in [9.17, 15) is 21.0 Å². The molecule has 2 aliphatic rings. The van der Waals surface area contributed by atoms with E-state index in [0.717, 1.165) is 50.5 Å². The predicted molar refractivity (Wildman–Crippen MR) is 248 cm³/mol. The van der Waals surface area contributed by atoms with Gasteiger partial charge in [0, 0.05) is 34.1 Å². The summed E-state index contributed by atoms with van der Waals surface area (Å²) in [4.78, 5) is 4.35. The first-order chi connectivity index (χ1) is 31.0. The highest BCUT2D eigenvalue weighted by Gasteiger charge is 2.52. The van der Waals surface area contributed by atoms with E-state index in [1.54, 1.807) is 0 Å². The van der Waals surface area contributed by atoms with Gasteiger partial charge in [0.25, 0.3) is 0 Å². The van der Waals surface area contributed by atoms with Gasteiger partial charge in [0.1, 0.15) is 0 Å². The van der Waals surface area contributed by atoms with E-state index in [1.165, 1.54) is 38.9 Å². The Morgan fingerprint density at radius 2 is 0.651 bits per heavy atom. The average Bonchev–Trinajstić information content (AvgIpc) is 3.80. The molecular weight excluding hydrogens is 769 g/mol. The predicted octanol–water partition coefficient (Wildman–Crippen LogP) is 13.6. The Morgan fingerprint density at radius 1 is 0.286 bits per heavy atom. The summed E-state index contributed by atoms with van der Waals surface area (Å²) in [7, 11) is 0. The SMILES string of the molecule is N#Cc1ccc(N(c2ccc(C#N)cc2)c2ccc3c(c2)C2(c4ccccc4-c4ccccc42)c2cc4cc(N(c5ccc(C#N)cc5)c5ccc(C#N)cc5)ccc4cc2-3)cc1. The second-order valence-electron chi connectivity index (χ2n) is 15.8. The molecule has 0 saturated heterocycles. The number of fused-ring (bicyclic) bond motifs is 11. The first-order valence-corrected chi connectivity index (χ1v) is 20.6. The van der Waals surface area contributed by atoms with Crippen LogP contribution in [0.2, 0.25) is 0 Å². The lowest BCUT2D eigenvalue weighted by Crippen LogP contribution is -2.26. The third-order valence-corrected chi connectivity index (χ3v) is 12.5. The van der Waals surface area contributed by atoms with Crippen molar-refractivity contribution in [2.45, 2.75) is 5.41 Å². The van der Waals surface area contributed by atoms with Crippen LogP contribution in [-0.2, 0) is 5.41 Å². The summed E-state index contributed by atoms with van der Waals surface area (Å²) in [5.74, 6) is 0. The highest BCUT2D eigenvalue weighted by atomic mass is 15.1. The van der Waals surface area contributed by atoms with E-state index >= 15 is 0 Å². The van der Waals surface area contributed by atoms with Gasteiger partial charge in [0.05, 0.1) is 51.9 Å². The van der Waals surface area contributed by atoms with Crippen molar-refractivity contribution >= 4 is 44.9 Å². The molecule has 2 aliphatic carbocycles. The summed E-state index contributed by atoms with van der Waals surface area (Å²) in [6.45, 7) is 0. The number of benzene rings is 9. The fourth-order valence-corrected chi connectivity index (χ4v) is 9.77. The Kier molecular flexibility index (Phi) is 8.49. The monoisotopic (exact) mass is 800 g/mol. The zero-order valence-corrected chi connectivity index (χ0v) is 33.7. The van der Waals surface area contributed by atoms with Gasteiger partial charge in [0.2, 0.25) is 0 Å². The molecule has 63 heavy (non-hydrogen) atoms. The lowest BCUT2D eigenvalue weighted by Gasteiger charge is -2.32. The Morgan fingerprint density at radius 3 is 1.10 bits per heavy atom. The molecule has 0 unspecified atom stereocenters. The third-order valence-electron chi connectivity index (χ3n) is 12.5. The van der Waals surface area contributed by atoms with Crippen LogP contribution in [0.15, 0.2) is 194 Å². The van der Waals surface area contributed by atoms with Crippen LogP contribution >= 0.6 is 0 Å². The summed E-state index contributed by atoms with van der Waals surface area (Å²) in [6.07, 6.45) is 0. The van der Waals surface area contributed by atoms with Gasteiger partial charge in [-0.2, -0.15) is 21.0 Å². The number of hydrogen-bond acceptors (Lipinski definition) is 6. The molecule has 0 radical (unpaired) electrons. The molecular formula is C57H32N6. The molecule has 9 aromatic carbocycles. The van der Waals surface area contributed by atoms with Gasteiger partial charge in [-0.05, 0) is 189 Å². The Bertz CT molecular complexity index is 3330. The zero-order chi connectivity index (χ0) is 42.7. The number of nitrogens with zero attached hydrogens (tertiary/aromatic N) is 6. The van der Waals surface area contributed by atoms with E-state index in [2.05, 4.69) is 131 Å². The van der Waals surface area contributed by atoms with Crippen LogP contribution in [0.1, 0.15) is 44.5 Å². The lowest BCUT2D eigenvalue weighted by molar-refractivity contribution is 0.795. The zero-order valence-electron chi connectivity index (χ0n) is 33.7. The lowest BCUT2D eigenvalue weighted by atomic mass is 9.70. The van der Waals surface area contributed by atoms with Gasteiger partial charge in [0.15, 0.2) is 0 Å². The number of anilines is 6. The van der Waals surface area contributed by atoms with Crippen molar-refractivity contribution in [1.82, 2.24) is 0 Å². The van der Waals surface area contributed by atoms with Crippen molar-refractivity contribution in [2.75, 3.05) is 9.80 Å². The maximum Gasteiger partial charge on any atom is 0.0991 e. The molecule has 0 N–H and O–H groups in total. The number of rotatable bonds is 6. The second-order valence-corrected chi connectivity index (χ2v) is 15.8. The smallest absolute Gasteiger partial charge is 0.0991 e. The molecule has 6 nitrogen and oxygen atoms in total. The first-order valence-electron chi connectivity index (χ1n) is 20.6. The highest BCUT2D eigenvalue weighted by molar-refractivity contribution is 6.02. The molecule has 0 saturated carbocycles. The Balaban J connectivity index is 1.15. The Labute approximate surface area is 364 Å². The van der Waals surface area contributed by atoms with E-state index in [4.69, 9.17) is 0 Å². The summed E-state index contributed by atoms with van der Waals surface area (Å²) < 4.78 is 0. The van der Waals surface area contributed by atoms with Crippen LogP contribution in [0.3, 0.4) is 0 Å². The maximum absolute atomic E-state index is 9.66. The topological polar surface area (TPSA) is 102 Å². The van der Waals surface area contributed by atoms with Crippen LogP contribution in [0.5, 0.6) is 0 Å². The molecule has 0 amide bonds. The van der Waals surface area contributed by atoms with Crippen LogP contribution < -0.4 is 9.80 Å². The molecule has 0 bridgehead atoms. The maximum atomic E-state index is 9.66. The van der Waals surface area contributed by atoms with Crippen LogP contribution in [0.4, 0.5) is 34.1 Å². The fraction of sp³-hybridized carbons (Fsp3) is 0.0175. The standard InChI is InChI=1S/C57H32N6/c58-33-37-9-18-43(19-10-37)62(44-20-11-38(34-59)12-21-44)47-26-17-41-30-52-51-28-27-48(63(45-22-13-39(35-60)14-23-45)46-24-15-40(36-61)16-25-46)32-56(51)57(55(52)31-42(41)29-47)53-7-3-1-5-49(53)50-6-2-4-8-54(50)57/h1-32H. The summed E-state index contributed by atoms with van der Waals surface area (Å²) in [5, 5.41) is 40.7. The molecule has 290 valence electrons. The fourth-order valence-electron chi connectivity index (χ4n) is 9.77. The minimum absolute atomic E-state index is 0.577. The summed E-state index contributed by atoms with van der Waals surface area (Å²) in [6, 6.07) is 74.9. The van der Waals surface area contributed by atoms with Gasteiger partial charge in [-0.1, -0.05) is 60.7 Å². The molecule has 11 rings (SSSR count). The minimum Gasteiger partial charge on any atom is -0.310 e. The van der Waals surface area contributed by atoms with E-state index in [0.29, 0.717) is 22.3 Å². The number of hydrogen-bond donors (Lipinski definition) is 0. The minimum atomic E-state index is -0.654. The molecule has 6 heteroatoms. The third kappa shape index (κ3) is 5.69. The first kappa shape index (κ1) is 36.8. The van der Waals surface area contributed by atoms with Crippen molar-refractivity contribution < 1.29 is 0 Å². The molecule has 0 aliphatic heterocycles. The normalized spacial score (nSPS) is 12.2. The van der Waals surface area contributed by atoms with E-state index in [-0.39, 0.29) is 0 Å². The van der Waals surface area contributed by atoms with Crippen molar-refractivity contribution in [2.24, 2.45) is 0 Å².